The molecule has 31 heavy (non-hydrogen) atoms. The molecule has 4 N–H and O–H groups in total. The van der Waals surface area contributed by atoms with Gasteiger partial charge in [0.05, 0.1) is 6.54 Å². The quantitative estimate of drug-likeness (QED) is 0.413. The van der Waals surface area contributed by atoms with Crippen molar-refractivity contribution >= 4 is 34.8 Å². The first-order chi connectivity index (χ1) is 14.9. The third kappa shape index (κ3) is 8.47. The predicted molar refractivity (Wildman–Crippen MR) is 122 cm³/mol. The molecule has 0 aliphatic heterocycles. The van der Waals surface area contributed by atoms with E-state index in [4.69, 9.17) is 4.74 Å². The average Bonchev–Trinajstić information content (AvgIpc) is 2.76. The molecule has 2 aromatic carbocycles. The van der Waals surface area contributed by atoms with Crippen LogP contribution in [0, 0.1) is 5.92 Å². The predicted octanol–water partition coefficient (Wildman–Crippen LogP) is 3.10. The normalized spacial score (nSPS) is 10.5. The van der Waals surface area contributed by atoms with E-state index in [1.165, 1.54) is 0 Å². The van der Waals surface area contributed by atoms with Crippen LogP contribution in [0.4, 0.5) is 17.1 Å². The highest BCUT2D eigenvalue weighted by molar-refractivity contribution is 5.96. The van der Waals surface area contributed by atoms with Crippen LogP contribution in [0.1, 0.15) is 30.6 Å². The van der Waals surface area contributed by atoms with Crippen LogP contribution in [0.25, 0.3) is 0 Å². The number of carbonyl (C=O) groups excluding carboxylic acids is 3. The Kier molecular flexibility index (Phi) is 9.51. The summed E-state index contributed by atoms with van der Waals surface area (Å²) in [4.78, 5) is 35.9. The van der Waals surface area contributed by atoms with Gasteiger partial charge in [-0.1, -0.05) is 13.8 Å². The van der Waals surface area contributed by atoms with Crippen LogP contribution in [0.5, 0.6) is 0 Å². The molecule has 2 rings (SSSR count). The van der Waals surface area contributed by atoms with Crippen molar-refractivity contribution in [2.75, 3.05) is 42.8 Å². The van der Waals surface area contributed by atoms with Gasteiger partial charge in [0.2, 0.25) is 11.8 Å². The molecule has 0 aliphatic carbocycles. The Hall–Kier alpha value is -3.39. The Morgan fingerprint density at radius 2 is 1.45 bits per heavy atom. The maximum atomic E-state index is 12.2. The number of benzene rings is 2. The van der Waals surface area contributed by atoms with Crippen molar-refractivity contribution < 1.29 is 19.1 Å². The fourth-order valence-corrected chi connectivity index (χ4v) is 2.57. The molecule has 0 spiro atoms. The molecule has 0 atom stereocenters. The van der Waals surface area contributed by atoms with Crippen LogP contribution in [-0.4, -0.2) is 44.5 Å². The zero-order chi connectivity index (χ0) is 22.6. The van der Waals surface area contributed by atoms with Crippen LogP contribution in [0.15, 0.2) is 48.5 Å². The van der Waals surface area contributed by atoms with Gasteiger partial charge in [-0.2, -0.15) is 0 Å². The summed E-state index contributed by atoms with van der Waals surface area (Å²) in [6, 6.07) is 13.9. The molecule has 0 aromatic heterocycles. The van der Waals surface area contributed by atoms with Crippen molar-refractivity contribution in [3.05, 3.63) is 54.1 Å². The van der Waals surface area contributed by atoms with Crippen molar-refractivity contribution in [3.63, 3.8) is 0 Å². The van der Waals surface area contributed by atoms with E-state index in [1.54, 1.807) is 55.6 Å². The standard InChI is InChI=1S/C23H30N4O4/c1-16(2)22(29)27-20-11-9-19(10-12-20)26-21(28)15-25-18-7-5-17(6-8-18)23(30)24-13-4-14-31-3/h5-12,16,25H,4,13-15H2,1-3H3,(H,24,30)(H,26,28)(H,27,29). The molecule has 0 saturated carbocycles. The summed E-state index contributed by atoms with van der Waals surface area (Å²) in [6.07, 6.45) is 0.756. The number of carbonyl (C=O) groups is 3. The highest BCUT2D eigenvalue weighted by Gasteiger charge is 2.08. The van der Waals surface area contributed by atoms with Crippen molar-refractivity contribution in [2.24, 2.45) is 5.92 Å². The Morgan fingerprint density at radius 3 is 2.03 bits per heavy atom. The van der Waals surface area contributed by atoms with Gasteiger partial charge in [0, 0.05) is 48.8 Å². The molecule has 0 unspecified atom stereocenters. The van der Waals surface area contributed by atoms with E-state index in [2.05, 4.69) is 21.3 Å². The zero-order valence-electron chi connectivity index (χ0n) is 18.2. The monoisotopic (exact) mass is 426 g/mol. The molecule has 0 fully saturated rings. The van der Waals surface area contributed by atoms with Gasteiger partial charge in [-0.05, 0) is 55.0 Å². The Morgan fingerprint density at radius 1 is 0.871 bits per heavy atom. The fraction of sp³-hybridized carbons (Fsp3) is 0.348. The van der Waals surface area contributed by atoms with Gasteiger partial charge in [0.25, 0.3) is 5.91 Å². The van der Waals surface area contributed by atoms with Crippen molar-refractivity contribution in [1.82, 2.24) is 5.32 Å². The summed E-state index contributed by atoms with van der Waals surface area (Å²) >= 11 is 0. The highest BCUT2D eigenvalue weighted by atomic mass is 16.5. The van der Waals surface area contributed by atoms with Crippen molar-refractivity contribution in [1.29, 1.82) is 0 Å². The largest absolute Gasteiger partial charge is 0.385 e. The number of methoxy groups -OCH3 is 1. The first-order valence-corrected chi connectivity index (χ1v) is 10.2. The van der Waals surface area contributed by atoms with Gasteiger partial charge < -0.3 is 26.0 Å². The van der Waals surface area contributed by atoms with Crippen LogP contribution in [-0.2, 0) is 14.3 Å². The number of hydrogen-bond donors (Lipinski definition) is 4. The average molecular weight is 427 g/mol. The number of rotatable bonds is 11. The van der Waals surface area contributed by atoms with E-state index in [9.17, 15) is 14.4 Å². The second-order valence-corrected chi connectivity index (χ2v) is 7.30. The molecule has 3 amide bonds. The lowest BCUT2D eigenvalue weighted by atomic mass is 10.2. The van der Waals surface area contributed by atoms with Crippen molar-refractivity contribution in [3.8, 4) is 0 Å². The lowest BCUT2D eigenvalue weighted by Crippen LogP contribution is -2.25. The minimum Gasteiger partial charge on any atom is -0.385 e. The van der Waals surface area contributed by atoms with E-state index in [0.29, 0.717) is 30.1 Å². The van der Waals surface area contributed by atoms with Crippen LogP contribution in [0.2, 0.25) is 0 Å². The molecular weight excluding hydrogens is 396 g/mol. The van der Waals surface area contributed by atoms with E-state index in [0.717, 1.165) is 12.1 Å². The van der Waals surface area contributed by atoms with E-state index in [1.807, 2.05) is 13.8 Å². The lowest BCUT2D eigenvalue weighted by Gasteiger charge is -2.10. The second kappa shape index (κ2) is 12.3. The first kappa shape index (κ1) is 23.9. The molecule has 0 bridgehead atoms. The van der Waals surface area contributed by atoms with Gasteiger partial charge in [0.1, 0.15) is 0 Å². The Bertz CT molecular complexity index is 864. The summed E-state index contributed by atoms with van der Waals surface area (Å²) in [7, 11) is 1.62. The van der Waals surface area contributed by atoms with Gasteiger partial charge >= 0.3 is 0 Å². The molecular formula is C23H30N4O4. The molecule has 166 valence electrons. The van der Waals surface area contributed by atoms with Gasteiger partial charge in [-0.15, -0.1) is 0 Å². The number of anilines is 3. The van der Waals surface area contributed by atoms with E-state index < -0.39 is 0 Å². The molecule has 0 saturated heterocycles. The Labute approximate surface area is 182 Å². The minimum atomic E-state index is -0.209. The van der Waals surface area contributed by atoms with Crippen LogP contribution >= 0.6 is 0 Å². The summed E-state index contributed by atoms with van der Waals surface area (Å²) < 4.78 is 4.95. The zero-order valence-corrected chi connectivity index (χ0v) is 18.2. The molecule has 8 heteroatoms. The summed E-state index contributed by atoms with van der Waals surface area (Å²) in [5.41, 5.74) is 2.60. The molecule has 8 nitrogen and oxygen atoms in total. The molecule has 2 aromatic rings. The summed E-state index contributed by atoms with van der Waals surface area (Å²) in [5, 5.41) is 11.4. The lowest BCUT2D eigenvalue weighted by molar-refractivity contribution is -0.119. The Balaban J connectivity index is 1.77. The first-order valence-electron chi connectivity index (χ1n) is 10.2. The maximum absolute atomic E-state index is 12.2. The van der Waals surface area contributed by atoms with E-state index >= 15 is 0 Å². The highest BCUT2D eigenvalue weighted by Crippen LogP contribution is 2.15. The number of ether oxygens (including phenoxy) is 1. The van der Waals surface area contributed by atoms with Crippen molar-refractivity contribution in [2.45, 2.75) is 20.3 Å². The third-order valence-electron chi connectivity index (χ3n) is 4.37. The third-order valence-corrected chi connectivity index (χ3v) is 4.37. The minimum absolute atomic E-state index is 0.0596. The van der Waals surface area contributed by atoms with Gasteiger partial charge in [0.15, 0.2) is 0 Å². The number of nitrogens with one attached hydrogen (secondary N) is 4. The van der Waals surface area contributed by atoms with E-state index in [-0.39, 0.29) is 30.2 Å². The second-order valence-electron chi connectivity index (χ2n) is 7.30. The van der Waals surface area contributed by atoms with Gasteiger partial charge in [-0.25, -0.2) is 0 Å². The number of amides is 3. The van der Waals surface area contributed by atoms with Gasteiger partial charge in [-0.3, -0.25) is 14.4 Å². The fourth-order valence-electron chi connectivity index (χ4n) is 2.57. The molecule has 0 radical (unpaired) electrons. The summed E-state index contributed by atoms with van der Waals surface area (Å²) in [5.74, 6) is -0.516. The SMILES string of the molecule is COCCCNC(=O)c1ccc(NCC(=O)Nc2ccc(NC(=O)C(C)C)cc2)cc1. The maximum Gasteiger partial charge on any atom is 0.251 e. The number of hydrogen-bond acceptors (Lipinski definition) is 5. The van der Waals surface area contributed by atoms with Crippen LogP contribution < -0.4 is 21.3 Å². The molecule has 0 aliphatic rings. The summed E-state index contributed by atoms with van der Waals surface area (Å²) in [6.45, 7) is 4.88. The van der Waals surface area contributed by atoms with Crippen LogP contribution in [0.3, 0.4) is 0 Å². The smallest absolute Gasteiger partial charge is 0.251 e. The molecule has 0 heterocycles. The topological polar surface area (TPSA) is 109 Å².